The lowest BCUT2D eigenvalue weighted by Gasteiger charge is -2.15. The van der Waals surface area contributed by atoms with Crippen LogP contribution in [0.1, 0.15) is 13.8 Å². The van der Waals surface area contributed by atoms with Crippen LogP contribution in [0, 0.1) is 0 Å². The van der Waals surface area contributed by atoms with E-state index in [9.17, 15) is 0 Å². The van der Waals surface area contributed by atoms with Crippen LogP contribution in [-0.4, -0.2) is 28.7 Å². The Labute approximate surface area is 108 Å². The molecule has 1 aliphatic rings. The Balaban J connectivity index is 2.65. The van der Waals surface area contributed by atoms with Gasteiger partial charge in [0.05, 0.1) is 0 Å². The summed E-state index contributed by atoms with van der Waals surface area (Å²) >= 11 is 6.70. The zero-order valence-electron chi connectivity index (χ0n) is 8.95. The van der Waals surface area contributed by atoms with Gasteiger partial charge in [0.2, 0.25) is 0 Å². The first-order valence-corrected chi connectivity index (χ1v) is 7.14. The fraction of sp³-hybridized carbons (Fsp3) is 0.636. The Morgan fingerprint density at radius 1 is 1.00 bits per heavy atom. The van der Waals surface area contributed by atoms with Crippen molar-refractivity contribution in [3.05, 3.63) is 24.3 Å². The molecule has 0 aromatic heterocycles. The van der Waals surface area contributed by atoms with Gasteiger partial charge in [0, 0.05) is 10.7 Å². The van der Waals surface area contributed by atoms with Crippen molar-refractivity contribution in [3.8, 4) is 0 Å². The van der Waals surface area contributed by atoms with Crippen LogP contribution in [0.25, 0.3) is 0 Å². The molecular weight excluding hydrogens is 324 g/mol. The highest BCUT2D eigenvalue weighted by Gasteiger charge is 2.38. The lowest BCUT2D eigenvalue weighted by atomic mass is 10.2. The average molecular weight is 340 g/mol. The quantitative estimate of drug-likeness (QED) is 0.577. The van der Waals surface area contributed by atoms with Gasteiger partial charge in [0.15, 0.2) is 5.79 Å². The van der Waals surface area contributed by atoms with Gasteiger partial charge in [-0.3, -0.25) is 0 Å². The first kappa shape index (κ1) is 13.4. The molecule has 2 atom stereocenters. The van der Waals surface area contributed by atoms with E-state index in [-0.39, 0.29) is 12.2 Å². The van der Waals surface area contributed by atoms with Gasteiger partial charge >= 0.3 is 0 Å². The van der Waals surface area contributed by atoms with Crippen LogP contribution in [-0.2, 0) is 9.47 Å². The van der Waals surface area contributed by atoms with E-state index in [2.05, 4.69) is 31.9 Å². The average Bonchev–Trinajstić information content (AvgIpc) is 2.47. The van der Waals surface area contributed by atoms with Crippen LogP contribution in [0.5, 0.6) is 0 Å². The van der Waals surface area contributed by atoms with E-state index in [1.807, 2.05) is 38.2 Å². The summed E-state index contributed by atoms with van der Waals surface area (Å²) in [5, 5.41) is 1.67. The van der Waals surface area contributed by atoms with E-state index >= 15 is 0 Å². The second kappa shape index (κ2) is 6.18. The number of halogens is 2. The lowest BCUT2D eigenvalue weighted by Crippen LogP contribution is -2.20. The summed E-state index contributed by atoms with van der Waals surface area (Å²) in [5.41, 5.74) is 0. The van der Waals surface area contributed by atoms with Crippen LogP contribution in [0.3, 0.4) is 0 Å². The van der Waals surface area contributed by atoms with Crippen molar-refractivity contribution in [1.82, 2.24) is 0 Å². The van der Waals surface area contributed by atoms with Crippen molar-refractivity contribution in [2.45, 2.75) is 31.8 Å². The molecular formula is C11H16Br2O2. The molecule has 0 aromatic rings. The summed E-state index contributed by atoms with van der Waals surface area (Å²) in [6.07, 6.45) is 8.15. The maximum Gasteiger partial charge on any atom is 0.164 e. The highest BCUT2D eigenvalue weighted by Crippen LogP contribution is 2.29. The molecule has 0 bridgehead atoms. The molecule has 0 N–H and O–H groups in total. The zero-order chi connectivity index (χ0) is 11.3. The summed E-state index contributed by atoms with van der Waals surface area (Å²) in [6.45, 7) is 3.87. The van der Waals surface area contributed by atoms with Crippen molar-refractivity contribution in [2.75, 3.05) is 10.7 Å². The Morgan fingerprint density at radius 2 is 1.40 bits per heavy atom. The SMILES string of the molecule is CC1(C)O[C@H](/C=C/CBr)[C@@H](/C=C/CBr)O1. The molecule has 4 heteroatoms. The predicted molar refractivity (Wildman–Crippen MR) is 69.7 cm³/mol. The summed E-state index contributed by atoms with van der Waals surface area (Å²) in [5.74, 6) is -0.497. The molecule has 1 rings (SSSR count). The summed E-state index contributed by atoms with van der Waals surface area (Å²) in [7, 11) is 0. The topological polar surface area (TPSA) is 18.5 Å². The highest BCUT2D eigenvalue weighted by molar-refractivity contribution is 9.09. The van der Waals surface area contributed by atoms with Gasteiger partial charge in [-0.2, -0.15) is 0 Å². The minimum Gasteiger partial charge on any atom is -0.340 e. The predicted octanol–water partition coefficient (Wildman–Crippen LogP) is 3.41. The number of alkyl halides is 2. The fourth-order valence-electron chi connectivity index (χ4n) is 1.49. The van der Waals surface area contributed by atoms with Gasteiger partial charge in [-0.15, -0.1) is 0 Å². The maximum atomic E-state index is 5.76. The first-order chi connectivity index (χ1) is 7.09. The van der Waals surface area contributed by atoms with Crippen LogP contribution in [0.4, 0.5) is 0 Å². The fourth-order valence-corrected chi connectivity index (χ4v) is 1.92. The molecule has 0 aliphatic carbocycles. The van der Waals surface area contributed by atoms with Gasteiger partial charge < -0.3 is 9.47 Å². The third-order valence-electron chi connectivity index (χ3n) is 1.99. The first-order valence-electron chi connectivity index (χ1n) is 4.90. The molecule has 0 spiro atoms. The van der Waals surface area contributed by atoms with Gasteiger partial charge in [-0.05, 0) is 13.8 Å². The van der Waals surface area contributed by atoms with Gasteiger partial charge in [-0.25, -0.2) is 0 Å². The third-order valence-corrected chi connectivity index (χ3v) is 2.74. The van der Waals surface area contributed by atoms with E-state index in [0.29, 0.717) is 0 Å². The monoisotopic (exact) mass is 338 g/mol. The Kier molecular flexibility index (Phi) is 5.53. The molecule has 2 nitrogen and oxygen atoms in total. The summed E-state index contributed by atoms with van der Waals surface area (Å²) in [4.78, 5) is 0. The van der Waals surface area contributed by atoms with E-state index in [1.165, 1.54) is 0 Å². The molecule has 0 aromatic carbocycles. The Hall–Kier alpha value is 0.360. The van der Waals surface area contributed by atoms with E-state index in [4.69, 9.17) is 9.47 Å². The normalized spacial score (nSPS) is 30.7. The number of hydrogen-bond donors (Lipinski definition) is 0. The second-order valence-electron chi connectivity index (χ2n) is 3.73. The van der Waals surface area contributed by atoms with Crippen LogP contribution in [0.15, 0.2) is 24.3 Å². The summed E-state index contributed by atoms with van der Waals surface area (Å²) in [6, 6.07) is 0. The van der Waals surface area contributed by atoms with Gasteiger partial charge in [0.25, 0.3) is 0 Å². The van der Waals surface area contributed by atoms with Gasteiger partial charge in [0.1, 0.15) is 12.2 Å². The Morgan fingerprint density at radius 3 is 1.73 bits per heavy atom. The molecule has 1 heterocycles. The molecule has 1 aliphatic heterocycles. The number of allylic oxidation sites excluding steroid dienone is 2. The number of rotatable bonds is 4. The molecule has 0 radical (unpaired) electrons. The van der Waals surface area contributed by atoms with Crippen molar-refractivity contribution < 1.29 is 9.47 Å². The molecule has 1 saturated heterocycles. The molecule has 0 saturated carbocycles. The molecule has 1 fully saturated rings. The number of ether oxygens (including phenoxy) is 2. The van der Waals surface area contributed by atoms with Crippen LogP contribution < -0.4 is 0 Å². The van der Waals surface area contributed by atoms with Crippen molar-refractivity contribution >= 4 is 31.9 Å². The van der Waals surface area contributed by atoms with E-state index in [0.717, 1.165) is 10.7 Å². The standard InChI is InChI=1S/C11H16Br2O2/c1-11(2)14-9(5-3-7-12)10(15-11)6-4-8-13/h3-6,9-10H,7-8H2,1-2H3/b5-3+,6-4+/t9-,10-/m1/s1. The highest BCUT2D eigenvalue weighted by atomic mass is 79.9. The van der Waals surface area contributed by atoms with Gasteiger partial charge in [-0.1, -0.05) is 56.2 Å². The zero-order valence-corrected chi connectivity index (χ0v) is 12.1. The number of hydrogen-bond acceptors (Lipinski definition) is 2. The third kappa shape index (κ3) is 4.39. The van der Waals surface area contributed by atoms with E-state index in [1.54, 1.807) is 0 Å². The van der Waals surface area contributed by atoms with Crippen molar-refractivity contribution in [2.24, 2.45) is 0 Å². The Bertz CT molecular complexity index is 225. The maximum absolute atomic E-state index is 5.76. The minimum atomic E-state index is -0.497. The lowest BCUT2D eigenvalue weighted by molar-refractivity contribution is -0.139. The molecule has 0 unspecified atom stereocenters. The minimum absolute atomic E-state index is 0.00727. The summed E-state index contributed by atoms with van der Waals surface area (Å²) < 4.78 is 11.5. The molecule has 86 valence electrons. The largest absolute Gasteiger partial charge is 0.340 e. The van der Waals surface area contributed by atoms with Crippen molar-refractivity contribution in [1.29, 1.82) is 0 Å². The van der Waals surface area contributed by atoms with Crippen molar-refractivity contribution in [3.63, 3.8) is 0 Å². The second-order valence-corrected chi connectivity index (χ2v) is 5.02. The molecule has 15 heavy (non-hydrogen) atoms. The molecule has 0 amide bonds. The smallest absolute Gasteiger partial charge is 0.164 e. The van der Waals surface area contributed by atoms with Crippen LogP contribution >= 0.6 is 31.9 Å². The van der Waals surface area contributed by atoms with Crippen LogP contribution in [0.2, 0.25) is 0 Å². The van der Waals surface area contributed by atoms with E-state index < -0.39 is 5.79 Å².